The average molecular weight is 304 g/mol. The maximum atomic E-state index is 12.3. The first-order valence-electron chi connectivity index (χ1n) is 7.38. The quantitative estimate of drug-likeness (QED) is 0.817. The summed E-state index contributed by atoms with van der Waals surface area (Å²) in [4.78, 5) is 11.0. The summed E-state index contributed by atoms with van der Waals surface area (Å²) in [6.07, 6.45) is 4.50. The molecule has 3 unspecified atom stereocenters. The largest absolute Gasteiger partial charge is 0.481 e. The summed E-state index contributed by atoms with van der Waals surface area (Å²) in [6, 6.07) is -0.243. The van der Waals surface area contributed by atoms with E-state index in [1.807, 2.05) is 0 Å². The van der Waals surface area contributed by atoms with Crippen molar-refractivity contribution < 1.29 is 18.3 Å². The lowest BCUT2D eigenvalue weighted by molar-refractivity contribution is -0.143. The number of carboxylic acids is 1. The van der Waals surface area contributed by atoms with Crippen molar-refractivity contribution >= 4 is 16.2 Å². The summed E-state index contributed by atoms with van der Waals surface area (Å²) in [7, 11) is -3.47. The summed E-state index contributed by atoms with van der Waals surface area (Å²) < 4.78 is 28.9. The third kappa shape index (κ3) is 3.93. The summed E-state index contributed by atoms with van der Waals surface area (Å²) in [6.45, 7) is 3.18. The van der Waals surface area contributed by atoms with Crippen molar-refractivity contribution in [1.29, 1.82) is 0 Å². The lowest BCUT2D eigenvalue weighted by atomic mass is 9.86. The first-order valence-corrected chi connectivity index (χ1v) is 8.82. The fourth-order valence-corrected chi connectivity index (χ4v) is 4.78. The van der Waals surface area contributed by atoms with Gasteiger partial charge in [-0.05, 0) is 38.0 Å². The summed E-state index contributed by atoms with van der Waals surface area (Å²) in [5, 5.41) is 9.05. The molecule has 1 heterocycles. The second kappa shape index (κ2) is 6.41. The summed E-state index contributed by atoms with van der Waals surface area (Å²) >= 11 is 0. The molecule has 1 aliphatic carbocycles. The number of hydrogen-bond acceptors (Lipinski definition) is 3. The number of nitrogens with zero attached hydrogens (tertiary/aromatic N) is 1. The van der Waals surface area contributed by atoms with E-state index in [4.69, 9.17) is 5.11 Å². The van der Waals surface area contributed by atoms with Gasteiger partial charge in [0.2, 0.25) is 0 Å². The molecular formula is C13H24N2O4S. The second-order valence-corrected chi connectivity index (χ2v) is 7.83. The number of carboxylic acid groups (broad SMARTS) is 1. The molecule has 0 spiro atoms. The van der Waals surface area contributed by atoms with Gasteiger partial charge in [0.1, 0.15) is 0 Å². The Balaban J connectivity index is 1.95. The van der Waals surface area contributed by atoms with E-state index in [-0.39, 0.29) is 6.04 Å². The topological polar surface area (TPSA) is 86.7 Å². The highest BCUT2D eigenvalue weighted by Crippen LogP contribution is 2.26. The van der Waals surface area contributed by atoms with E-state index in [2.05, 4.69) is 11.6 Å². The Bertz CT molecular complexity index is 451. The molecule has 2 rings (SSSR count). The van der Waals surface area contributed by atoms with Gasteiger partial charge in [0.25, 0.3) is 10.2 Å². The lowest BCUT2D eigenvalue weighted by Gasteiger charge is -2.33. The number of piperidine rings is 1. The third-order valence-electron chi connectivity index (χ3n) is 4.30. The highest BCUT2D eigenvalue weighted by molar-refractivity contribution is 7.87. The second-order valence-electron chi connectivity index (χ2n) is 6.13. The molecule has 116 valence electrons. The maximum absolute atomic E-state index is 12.3. The van der Waals surface area contributed by atoms with Gasteiger partial charge in [-0.3, -0.25) is 4.79 Å². The Morgan fingerprint density at radius 1 is 1.25 bits per heavy atom. The Morgan fingerprint density at radius 2 is 2.00 bits per heavy atom. The first-order chi connectivity index (χ1) is 9.38. The van der Waals surface area contributed by atoms with Crippen molar-refractivity contribution in [3.05, 3.63) is 0 Å². The van der Waals surface area contributed by atoms with Crippen LogP contribution in [0.2, 0.25) is 0 Å². The van der Waals surface area contributed by atoms with Crippen molar-refractivity contribution in [1.82, 2.24) is 9.03 Å². The summed E-state index contributed by atoms with van der Waals surface area (Å²) in [5.74, 6) is -0.851. The molecule has 0 aromatic heterocycles. The molecule has 0 aromatic rings. The van der Waals surface area contributed by atoms with Crippen LogP contribution in [0.25, 0.3) is 0 Å². The van der Waals surface area contributed by atoms with E-state index in [1.54, 1.807) is 0 Å². The van der Waals surface area contributed by atoms with Gasteiger partial charge in [0, 0.05) is 19.1 Å². The molecule has 1 saturated heterocycles. The van der Waals surface area contributed by atoms with Crippen LogP contribution in [0.15, 0.2) is 0 Å². The molecule has 20 heavy (non-hydrogen) atoms. The number of carbonyl (C=O) groups is 1. The smallest absolute Gasteiger partial charge is 0.306 e. The van der Waals surface area contributed by atoms with Crippen molar-refractivity contribution in [2.45, 2.75) is 51.5 Å². The molecule has 3 atom stereocenters. The molecule has 0 radical (unpaired) electrons. The average Bonchev–Trinajstić information content (AvgIpc) is 2.38. The van der Waals surface area contributed by atoms with Gasteiger partial charge in [-0.25, -0.2) is 0 Å². The van der Waals surface area contributed by atoms with Crippen molar-refractivity contribution in [2.24, 2.45) is 11.8 Å². The third-order valence-corrected chi connectivity index (χ3v) is 5.94. The van der Waals surface area contributed by atoms with E-state index in [0.29, 0.717) is 31.8 Å². The van der Waals surface area contributed by atoms with Gasteiger partial charge in [-0.15, -0.1) is 0 Å². The fourth-order valence-electron chi connectivity index (χ4n) is 3.17. The number of nitrogens with one attached hydrogen (secondary N) is 1. The van der Waals surface area contributed by atoms with E-state index in [9.17, 15) is 13.2 Å². The van der Waals surface area contributed by atoms with Crippen molar-refractivity contribution in [2.75, 3.05) is 13.1 Å². The van der Waals surface area contributed by atoms with E-state index in [0.717, 1.165) is 25.7 Å². The fraction of sp³-hybridized carbons (Fsp3) is 0.923. The number of rotatable bonds is 4. The standard InChI is InChI=1S/C13H24N2O4S/c1-10-4-3-7-15(9-10)20(18,19)14-12-6-2-5-11(8-12)13(16)17/h10-12,14H,2-9H2,1H3,(H,16,17). The molecule has 7 heteroatoms. The minimum absolute atomic E-state index is 0.243. The molecule has 0 bridgehead atoms. The zero-order chi connectivity index (χ0) is 14.8. The molecule has 0 aromatic carbocycles. The van der Waals surface area contributed by atoms with Crippen LogP contribution in [0.1, 0.15) is 45.4 Å². The number of aliphatic carboxylic acids is 1. The van der Waals surface area contributed by atoms with E-state index < -0.39 is 22.1 Å². The minimum Gasteiger partial charge on any atom is -0.481 e. The van der Waals surface area contributed by atoms with E-state index in [1.165, 1.54) is 4.31 Å². The summed E-state index contributed by atoms with van der Waals surface area (Å²) in [5.41, 5.74) is 0. The Labute approximate surface area is 120 Å². The van der Waals surface area contributed by atoms with Crippen LogP contribution in [0.5, 0.6) is 0 Å². The maximum Gasteiger partial charge on any atom is 0.306 e. The zero-order valence-electron chi connectivity index (χ0n) is 11.9. The van der Waals surface area contributed by atoms with Crippen LogP contribution in [-0.2, 0) is 15.0 Å². The predicted octanol–water partition coefficient (Wildman–Crippen LogP) is 1.20. The van der Waals surface area contributed by atoms with Crippen LogP contribution >= 0.6 is 0 Å². The number of hydrogen-bond donors (Lipinski definition) is 2. The SMILES string of the molecule is CC1CCCN(S(=O)(=O)NC2CCCC(C(=O)O)C2)C1. The Morgan fingerprint density at radius 3 is 2.65 bits per heavy atom. The Kier molecular flexibility index (Phi) is 5.04. The molecule has 2 N–H and O–H groups in total. The van der Waals surface area contributed by atoms with Gasteiger partial charge < -0.3 is 5.11 Å². The Hall–Kier alpha value is -0.660. The molecule has 1 aliphatic heterocycles. The van der Waals surface area contributed by atoms with Crippen LogP contribution in [0, 0.1) is 11.8 Å². The van der Waals surface area contributed by atoms with Gasteiger partial charge in [-0.1, -0.05) is 13.3 Å². The zero-order valence-corrected chi connectivity index (χ0v) is 12.7. The van der Waals surface area contributed by atoms with Crippen LogP contribution in [0.3, 0.4) is 0 Å². The van der Waals surface area contributed by atoms with Crippen LogP contribution < -0.4 is 4.72 Å². The molecule has 2 fully saturated rings. The van der Waals surface area contributed by atoms with Crippen molar-refractivity contribution in [3.8, 4) is 0 Å². The highest BCUT2D eigenvalue weighted by Gasteiger charge is 2.33. The molecule has 0 amide bonds. The van der Waals surface area contributed by atoms with Gasteiger partial charge in [-0.2, -0.15) is 17.4 Å². The van der Waals surface area contributed by atoms with Gasteiger partial charge >= 0.3 is 5.97 Å². The van der Waals surface area contributed by atoms with E-state index >= 15 is 0 Å². The lowest BCUT2D eigenvalue weighted by Crippen LogP contribution is -2.50. The molecule has 2 aliphatic rings. The van der Waals surface area contributed by atoms with Crippen LogP contribution in [0.4, 0.5) is 0 Å². The highest BCUT2D eigenvalue weighted by atomic mass is 32.2. The van der Waals surface area contributed by atoms with Gasteiger partial charge in [0.05, 0.1) is 5.92 Å². The molecule has 1 saturated carbocycles. The van der Waals surface area contributed by atoms with Crippen molar-refractivity contribution in [3.63, 3.8) is 0 Å². The first kappa shape index (κ1) is 15.7. The molecular weight excluding hydrogens is 280 g/mol. The normalized spacial score (nSPS) is 33.0. The minimum atomic E-state index is -3.47. The van der Waals surface area contributed by atoms with Gasteiger partial charge in [0.15, 0.2) is 0 Å². The predicted molar refractivity (Wildman–Crippen MR) is 75.4 cm³/mol. The molecule has 6 nitrogen and oxygen atoms in total. The monoisotopic (exact) mass is 304 g/mol. The van der Waals surface area contributed by atoms with Crippen LogP contribution in [-0.4, -0.2) is 42.9 Å².